The molecular weight excluding hydrogens is 310 g/mol. The van der Waals surface area contributed by atoms with Crippen molar-refractivity contribution in [3.05, 3.63) is 52.7 Å². The number of aromatic nitrogens is 4. The second kappa shape index (κ2) is 7.64. The van der Waals surface area contributed by atoms with E-state index in [9.17, 15) is 4.79 Å². The van der Waals surface area contributed by atoms with Gasteiger partial charge in [0.15, 0.2) is 0 Å². The smallest absolute Gasteiger partial charge is 0.220 e. The minimum absolute atomic E-state index is 0.0413. The number of thiophene rings is 1. The van der Waals surface area contributed by atoms with Crippen LogP contribution in [0.3, 0.4) is 0 Å². The zero-order chi connectivity index (χ0) is 15.9. The molecule has 1 aromatic carbocycles. The lowest BCUT2D eigenvalue weighted by Gasteiger charge is -2.03. The molecule has 0 aliphatic carbocycles. The molecule has 0 unspecified atom stereocenters. The van der Waals surface area contributed by atoms with Crippen molar-refractivity contribution in [2.24, 2.45) is 0 Å². The zero-order valence-corrected chi connectivity index (χ0v) is 13.4. The van der Waals surface area contributed by atoms with Crippen molar-refractivity contribution < 1.29 is 4.79 Å². The fourth-order valence-electron chi connectivity index (χ4n) is 2.10. The lowest BCUT2D eigenvalue weighted by atomic mass is 10.2. The summed E-state index contributed by atoms with van der Waals surface area (Å²) in [6, 6.07) is 11.7. The minimum atomic E-state index is 0.0413. The van der Waals surface area contributed by atoms with Crippen molar-refractivity contribution in [1.82, 2.24) is 25.5 Å². The Hall–Kier alpha value is -2.54. The average molecular weight is 327 g/mol. The molecule has 6 nitrogen and oxygen atoms in total. The Balaban J connectivity index is 1.42. The Morgan fingerprint density at radius 2 is 2.09 bits per heavy atom. The number of nitrogens with one attached hydrogen (secondary N) is 1. The lowest BCUT2D eigenvalue weighted by molar-refractivity contribution is -0.121. The van der Waals surface area contributed by atoms with E-state index in [4.69, 9.17) is 0 Å². The summed E-state index contributed by atoms with van der Waals surface area (Å²) in [4.78, 5) is 13.3. The number of carbonyl (C=O) groups is 1. The Morgan fingerprint density at radius 3 is 2.87 bits per heavy atom. The van der Waals surface area contributed by atoms with Crippen molar-refractivity contribution in [3.8, 4) is 11.4 Å². The Bertz CT molecular complexity index is 739. The fourth-order valence-corrected chi connectivity index (χ4v) is 2.77. The van der Waals surface area contributed by atoms with Crippen LogP contribution in [0.25, 0.3) is 11.4 Å². The normalized spacial score (nSPS) is 10.6. The molecule has 0 aliphatic rings. The molecule has 118 valence electrons. The first-order valence-electron chi connectivity index (χ1n) is 7.42. The van der Waals surface area contributed by atoms with Gasteiger partial charge >= 0.3 is 0 Å². The highest BCUT2D eigenvalue weighted by molar-refractivity contribution is 7.07. The van der Waals surface area contributed by atoms with Gasteiger partial charge in [0, 0.05) is 18.5 Å². The summed E-state index contributed by atoms with van der Waals surface area (Å²) in [5.41, 5.74) is 2.07. The van der Waals surface area contributed by atoms with Crippen LogP contribution in [0, 0.1) is 0 Å². The molecule has 1 N–H and O–H groups in total. The molecule has 7 heteroatoms. The number of nitrogens with zero attached hydrogens (tertiary/aromatic N) is 4. The van der Waals surface area contributed by atoms with E-state index in [2.05, 4.69) is 20.7 Å². The molecule has 0 saturated heterocycles. The predicted molar refractivity (Wildman–Crippen MR) is 88.7 cm³/mol. The highest BCUT2D eigenvalue weighted by Crippen LogP contribution is 2.12. The zero-order valence-electron chi connectivity index (χ0n) is 12.6. The van der Waals surface area contributed by atoms with Crippen molar-refractivity contribution >= 4 is 17.2 Å². The number of carbonyl (C=O) groups excluding carboxylic acids is 1. The van der Waals surface area contributed by atoms with Gasteiger partial charge in [0.2, 0.25) is 11.7 Å². The number of benzene rings is 1. The summed E-state index contributed by atoms with van der Waals surface area (Å²) >= 11 is 1.63. The van der Waals surface area contributed by atoms with E-state index in [0.29, 0.717) is 31.8 Å². The van der Waals surface area contributed by atoms with E-state index in [1.54, 1.807) is 11.3 Å². The Labute approximate surface area is 138 Å². The van der Waals surface area contributed by atoms with E-state index in [0.717, 1.165) is 11.1 Å². The maximum Gasteiger partial charge on any atom is 0.220 e. The van der Waals surface area contributed by atoms with Crippen molar-refractivity contribution in [3.63, 3.8) is 0 Å². The first-order valence-corrected chi connectivity index (χ1v) is 8.36. The molecule has 0 saturated carbocycles. The molecule has 1 amide bonds. The summed E-state index contributed by atoms with van der Waals surface area (Å²) in [7, 11) is 0. The van der Waals surface area contributed by atoms with E-state index in [1.165, 1.54) is 4.80 Å². The molecule has 0 atom stereocenters. The minimum Gasteiger partial charge on any atom is -0.352 e. The van der Waals surface area contributed by atoms with Gasteiger partial charge in [0.05, 0.1) is 6.54 Å². The molecule has 23 heavy (non-hydrogen) atoms. The molecule has 3 rings (SSSR count). The maximum atomic E-state index is 11.8. The van der Waals surface area contributed by atoms with Gasteiger partial charge in [-0.2, -0.15) is 16.1 Å². The van der Waals surface area contributed by atoms with Gasteiger partial charge in [0.1, 0.15) is 0 Å². The molecular formula is C16H17N5OS. The maximum absolute atomic E-state index is 11.8. The van der Waals surface area contributed by atoms with Crippen LogP contribution in [-0.4, -0.2) is 26.1 Å². The van der Waals surface area contributed by atoms with Crippen LogP contribution in [-0.2, 0) is 17.9 Å². The van der Waals surface area contributed by atoms with E-state index < -0.39 is 0 Å². The van der Waals surface area contributed by atoms with Gasteiger partial charge in [-0.05, 0) is 34.0 Å². The quantitative estimate of drug-likeness (QED) is 0.723. The van der Waals surface area contributed by atoms with Crippen LogP contribution in [0.2, 0.25) is 0 Å². The van der Waals surface area contributed by atoms with Crippen LogP contribution in [0.15, 0.2) is 47.2 Å². The van der Waals surface area contributed by atoms with Crippen LogP contribution < -0.4 is 5.32 Å². The molecule has 2 heterocycles. The van der Waals surface area contributed by atoms with E-state index in [-0.39, 0.29) is 5.91 Å². The standard InChI is InChI=1S/C16H17N5OS/c22-15(17-11-13-8-10-23-12-13)7-4-9-21-19-16(18-20-21)14-5-2-1-3-6-14/h1-3,5-6,8,10,12H,4,7,9,11H2,(H,17,22). The Kier molecular flexibility index (Phi) is 5.10. The van der Waals surface area contributed by atoms with Crippen LogP contribution in [0.4, 0.5) is 0 Å². The topological polar surface area (TPSA) is 72.7 Å². The first kappa shape index (κ1) is 15.4. The van der Waals surface area contributed by atoms with Gasteiger partial charge in [-0.1, -0.05) is 30.3 Å². The molecule has 0 radical (unpaired) electrons. The number of hydrogen-bond donors (Lipinski definition) is 1. The molecule has 0 aliphatic heterocycles. The molecule has 3 aromatic rings. The molecule has 0 fully saturated rings. The Morgan fingerprint density at radius 1 is 1.22 bits per heavy atom. The second-order valence-corrected chi connectivity index (χ2v) is 5.87. The third-order valence-corrected chi connectivity index (χ3v) is 4.05. The lowest BCUT2D eigenvalue weighted by Crippen LogP contribution is -2.22. The third-order valence-electron chi connectivity index (χ3n) is 3.32. The largest absolute Gasteiger partial charge is 0.352 e. The summed E-state index contributed by atoms with van der Waals surface area (Å²) in [5.74, 6) is 0.645. The fraction of sp³-hybridized carbons (Fsp3) is 0.250. The number of hydrogen-bond acceptors (Lipinski definition) is 5. The number of tetrazole rings is 1. The van der Waals surface area contributed by atoms with Crippen molar-refractivity contribution in [2.75, 3.05) is 0 Å². The third kappa shape index (κ3) is 4.46. The molecule has 2 aromatic heterocycles. The summed E-state index contributed by atoms with van der Waals surface area (Å²) in [6.07, 6.45) is 1.13. The van der Waals surface area contributed by atoms with Gasteiger partial charge in [0.25, 0.3) is 0 Å². The van der Waals surface area contributed by atoms with Crippen LogP contribution in [0.5, 0.6) is 0 Å². The highest BCUT2D eigenvalue weighted by atomic mass is 32.1. The molecule has 0 spiro atoms. The van der Waals surface area contributed by atoms with Crippen LogP contribution >= 0.6 is 11.3 Å². The molecule has 0 bridgehead atoms. The van der Waals surface area contributed by atoms with E-state index >= 15 is 0 Å². The predicted octanol–water partition coefficient (Wildman–Crippen LogP) is 2.50. The van der Waals surface area contributed by atoms with Gasteiger partial charge in [-0.3, -0.25) is 4.79 Å². The SMILES string of the molecule is O=C(CCCn1nnc(-c2ccccc2)n1)NCc1ccsc1. The van der Waals surface area contributed by atoms with Crippen LogP contribution in [0.1, 0.15) is 18.4 Å². The van der Waals surface area contributed by atoms with E-state index in [1.807, 2.05) is 47.2 Å². The monoisotopic (exact) mass is 327 g/mol. The van der Waals surface area contributed by atoms with Crippen molar-refractivity contribution in [1.29, 1.82) is 0 Å². The summed E-state index contributed by atoms with van der Waals surface area (Å²) in [5, 5.41) is 19.3. The number of rotatable bonds is 7. The van der Waals surface area contributed by atoms with Crippen molar-refractivity contribution in [2.45, 2.75) is 25.9 Å². The van der Waals surface area contributed by atoms with Gasteiger partial charge < -0.3 is 5.32 Å². The number of amides is 1. The number of aryl methyl sites for hydroxylation is 1. The van der Waals surface area contributed by atoms with Gasteiger partial charge in [-0.15, -0.1) is 10.2 Å². The first-order chi connectivity index (χ1) is 11.3. The average Bonchev–Trinajstić information content (AvgIpc) is 3.26. The summed E-state index contributed by atoms with van der Waals surface area (Å²) in [6.45, 7) is 1.16. The highest BCUT2D eigenvalue weighted by Gasteiger charge is 2.06. The summed E-state index contributed by atoms with van der Waals surface area (Å²) < 4.78 is 0. The van der Waals surface area contributed by atoms with Gasteiger partial charge in [-0.25, -0.2) is 0 Å². The second-order valence-electron chi connectivity index (χ2n) is 5.09.